The lowest BCUT2D eigenvalue weighted by atomic mass is 10.00. The molecule has 0 spiro atoms. The largest absolute Gasteiger partial charge is 0.491 e. The molecule has 218 valence electrons. The highest BCUT2D eigenvalue weighted by Gasteiger charge is 2.34. The van der Waals surface area contributed by atoms with Crippen LogP contribution in [0.3, 0.4) is 0 Å². The van der Waals surface area contributed by atoms with E-state index < -0.39 is 22.5 Å². The predicted molar refractivity (Wildman–Crippen MR) is 168 cm³/mol. The normalized spacial score (nSPS) is 18.0. The summed E-state index contributed by atoms with van der Waals surface area (Å²) < 4.78 is 28.0. The van der Waals surface area contributed by atoms with Crippen molar-refractivity contribution in [1.82, 2.24) is 20.5 Å². The van der Waals surface area contributed by atoms with Gasteiger partial charge >= 0.3 is 0 Å². The number of rotatable bonds is 11. The number of carbonyl (C=O) groups excluding carboxylic acids is 1. The van der Waals surface area contributed by atoms with Crippen molar-refractivity contribution in [2.45, 2.75) is 22.4 Å². The summed E-state index contributed by atoms with van der Waals surface area (Å²) in [4.78, 5) is 20.6. The van der Waals surface area contributed by atoms with Crippen LogP contribution in [0.4, 0.5) is 0 Å². The number of likely N-dealkylation sites (N-methyl/N-ethyl adjacent to an activating group) is 1. The molecule has 1 saturated heterocycles. The summed E-state index contributed by atoms with van der Waals surface area (Å²) in [6, 6.07) is 28.1. The van der Waals surface area contributed by atoms with Crippen molar-refractivity contribution in [3.63, 3.8) is 0 Å². The Hall–Kier alpha value is -3.54. The molecule has 42 heavy (non-hydrogen) atoms. The summed E-state index contributed by atoms with van der Waals surface area (Å²) in [6.45, 7) is 1.35. The monoisotopic (exact) mass is 602 g/mol. The Morgan fingerprint density at radius 2 is 1.81 bits per heavy atom. The Labute approximate surface area is 253 Å². The first-order valence-corrected chi connectivity index (χ1v) is 15.8. The summed E-state index contributed by atoms with van der Waals surface area (Å²) in [6.07, 6.45) is 1.68. The summed E-state index contributed by atoms with van der Waals surface area (Å²) >= 11 is -0.686. The summed E-state index contributed by atoms with van der Waals surface area (Å²) in [7, 11) is 3.98. The number of hydrogen-bond acceptors (Lipinski definition) is 7. The van der Waals surface area contributed by atoms with E-state index in [4.69, 9.17) is 4.74 Å². The molecule has 8 nitrogen and oxygen atoms in total. The fourth-order valence-electron chi connectivity index (χ4n) is 4.78. The zero-order valence-electron chi connectivity index (χ0n) is 23.5. The fraction of sp³-hybridized carbons (Fsp3) is 0.250. The molecule has 4 aromatic rings. The smallest absolute Gasteiger partial charge is 0.248 e. The molecule has 0 radical (unpaired) electrons. The maximum absolute atomic E-state index is 13.6. The van der Waals surface area contributed by atoms with Gasteiger partial charge in [0.1, 0.15) is 17.7 Å². The quantitative estimate of drug-likeness (QED) is 0.209. The van der Waals surface area contributed by atoms with Crippen LogP contribution >= 0.6 is 11.8 Å². The molecule has 5 rings (SSSR count). The van der Waals surface area contributed by atoms with Gasteiger partial charge in [-0.3, -0.25) is 15.1 Å². The van der Waals surface area contributed by atoms with Crippen molar-refractivity contribution in [3.05, 3.63) is 114 Å². The number of hydrogen-bond donors (Lipinski definition) is 3. The van der Waals surface area contributed by atoms with Gasteiger partial charge in [-0.2, -0.15) is 0 Å². The number of aromatic nitrogens is 1. The molecule has 0 saturated carbocycles. The van der Waals surface area contributed by atoms with Gasteiger partial charge in [-0.15, -0.1) is 11.8 Å². The van der Waals surface area contributed by atoms with Crippen LogP contribution in [-0.2, 0) is 15.9 Å². The Balaban J connectivity index is 1.32. The highest BCUT2D eigenvalue weighted by molar-refractivity contribution is 8.00. The maximum Gasteiger partial charge on any atom is 0.248 e. The first-order valence-electron chi connectivity index (χ1n) is 13.7. The zero-order chi connectivity index (χ0) is 29.5. The van der Waals surface area contributed by atoms with E-state index in [0.29, 0.717) is 34.3 Å². The van der Waals surface area contributed by atoms with Crippen LogP contribution in [0.1, 0.15) is 28.9 Å². The number of nitrogens with zero attached hydrogens (tertiary/aromatic N) is 2. The predicted octanol–water partition coefficient (Wildman–Crippen LogP) is 4.88. The van der Waals surface area contributed by atoms with E-state index >= 15 is 0 Å². The van der Waals surface area contributed by atoms with Gasteiger partial charge in [0.05, 0.1) is 22.8 Å². The average molecular weight is 603 g/mol. The van der Waals surface area contributed by atoms with E-state index in [-0.39, 0.29) is 11.9 Å². The van der Waals surface area contributed by atoms with E-state index in [1.54, 1.807) is 12.3 Å². The zero-order valence-corrected chi connectivity index (χ0v) is 25.1. The van der Waals surface area contributed by atoms with E-state index in [9.17, 15) is 13.6 Å². The molecular weight excluding hydrogens is 569 g/mol. The molecule has 10 heteroatoms. The van der Waals surface area contributed by atoms with Gasteiger partial charge in [-0.1, -0.05) is 66.7 Å². The van der Waals surface area contributed by atoms with E-state index in [1.165, 1.54) is 11.8 Å². The van der Waals surface area contributed by atoms with Crippen molar-refractivity contribution < 1.29 is 18.3 Å². The van der Waals surface area contributed by atoms with Crippen LogP contribution in [0.5, 0.6) is 5.75 Å². The summed E-state index contributed by atoms with van der Waals surface area (Å²) in [5.74, 6) is 1.06. The summed E-state index contributed by atoms with van der Waals surface area (Å²) in [5, 5.41) is 6.02. The first-order chi connectivity index (χ1) is 20.4. The van der Waals surface area contributed by atoms with Crippen molar-refractivity contribution in [3.8, 4) is 16.9 Å². The second-order valence-electron chi connectivity index (χ2n) is 10.2. The summed E-state index contributed by atoms with van der Waals surface area (Å²) in [5.41, 5.74) is 4.28. The van der Waals surface area contributed by atoms with Crippen LogP contribution in [0.2, 0.25) is 0 Å². The Morgan fingerprint density at radius 1 is 1.07 bits per heavy atom. The second-order valence-corrected chi connectivity index (χ2v) is 12.3. The van der Waals surface area contributed by atoms with E-state index in [2.05, 4.69) is 15.6 Å². The molecule has 3 aromatic carbocycles. The van der Waals surface area contributed by atoms with Crippen molar-refractivity contribution >= 4 is 28.7 Å². The topological polar surface area (TPSA) is 104 Å². The fourth-order valence-corrected chi connectivity index (χ4v) is 6.51. The van der Waals surface area contributed by atoms with E-state index in [1.807, 2.05) is 104 Å². The molecule has 1 aliphatic heterocycles. The van der Waals surface area contributed by atoms with Crippen molar-refractivity contribution in [1.29, 1.82) is 0 Å². The second kappa shape index (κ2) is 14.1. The third-order valence-electron chi connectivity index (χ3n) is 6.98. The Kier molecular flexibility index (Phi) is 10.0. The third-order valence-corrected chi connectivity index (χ3v) is 8.94. The van der Waals surface area contributed by atoms with Crippen molar-refractivity contribution in [2.24, 2.45) is 0 Å². The molecular formula is C32H34N4O4S2. The lowest BCUT2D eigenvalue weighted by Crippen LogP contribution is -2.42. The lowest BCUT2D eigenvalue weighted by molar-refractivity contribution is -0.121. The molecule has 1 aromatic heterocycles. The minimum atomic E-state index is -2.16. The Morgan fingerprint density at radius 3 is 2.48 bits per heavy atom. The highest BCUT2D eigenvalue weighted by Crippen LogP contribution is 2.35. The van der Waals surface area contributed by atoms with Gasteiger partial charge < -0.3 is 19.5 Å². The van der Waals surface area contributed by atoms with Gasteiger partial charge in [0.2, 0.25) is 5.91 Å². The van der Waals surface area contributed by atoms with Crippen LogP contribution in [0, 0.1) is 0 Å². The van der Waals surface area contributed by atoms with Crippen LogP contribution < -0.4 is 15.4 Å². The maximum atomic E-state index is 13.6. The number of nitrogens with one attached hydrogen (secondary N) is 2. The van der Waals surface area contributed by atoms with Crippen LogP contribution in [-0.4, -0.2) is 62.9 Å². The molecule has 2 heterocycles. The number of pyridine rings is 1. The minimum Gasteiger partial charge on any atom is -0.491 e. The van der Waals surface area contributed by atoms with Gasteiger partial charge in [0, 0.05) is 18.3 Å². The molecule has 1 aliphatic rings. The minimum absolute atomic E-state index is 0.185. The number of ether oxygens (including phenoxy) is 1. The first kappa shape index (κ1) is 29.9. The SMILES string of the molecule is CN(C)CCOc1ccc([C@H](NC(=O)C2NC(c3cc(-c4ccccc4)ccc3S(=O)O)CS2)c2ccccc2)nc1. The molecule has 1 amide bonds. The van der Waals surface area contributed by atoms with Crippen LogP contribution in [0.25, 0.3) is 11.1 Å². The molecule has 3 N–H and O–H groups in total. The number of thioether (sulfide) groups is 1. The molecule has 1 fully saturated rings. The standard InChI is InChI=1S/C32H34N4O4S2/c1-36(2)17-18-40-25-14-15-27(33-20-25)30(23-11-7-4-8-12-23)35-31(37)32-34-28(21-41-32)26-19-24(13-16-29(26)42(38)39)22-9-5-3-6-10-22/h3-16,19-20,28,30,32,34H,17-18,21H2,1-2H3,(H,35,37)(H,38,39)/t28?,30-,32?/m1/s1. The van der Waals surface area contributed by atoms with Gasteiger partial charge in [-0.25, -0.2) is 4.21 Å². The lowest BCUT2D eigenvalue weighted by Gasteiger charge is -2.22. The molecule has 3 unspecified atom stereocenters. The third kappa shape index (κ3) is 7.45. The molecule has 4 atom stereocenters. The molecule has 0 aliphatic carbocycles. The van der Waals surface area contributed by atoms with Crippen molar-refractivity contribution in [2.75, 3.05) is 33.0 Å². The number of amides is 1. The number of carbonyl (C=O) groups is 1. The molecule has 0 bridgehead atoms. The number of benzene rings is 3. The van der Waals surface area contributed by atoms with Gasteiger partial charge in [-0.05, 0) is 60.6 Å². The van der Waals surface area contributed by atoms with Gasteiger partial charge in [0.25, 0.3) is 0 Å². The Bertz CT molecular complexity index is 1500. The van der Waals surface area contributed by atoms with E-state index in [0.717, 1.165) is 23.2 Å². The van der Waals surface area contributed by atoms with Gasteiger partial charge in [0.15, 0.2) is 11.1 Å². The average Bonchev–Trinajstić information content (AvgIpc) is 3.51. The van der Waals surface area contributed by atoms with Crippen LogP contribution in [0.15, 0.2) is 102 Å². The highest BCUT2D eigenvalue weighted by atomic mass is 32.2.